The van der Waals surface area contributed by atoms with Gasteiger partial charge in [-0.2, -0.15) is 0 Å². The second-order valence-corrected chi connectivity index (χ2v) is 5.75. The summed E-state index contributed by atoms with van der Waals surface area (Å²) in [5, 5.41) is 3.49. The Labute approximate surface area is 105 Å². The minimum atomic E-state index is 0.564. The van der Waals surface area contributed by atoms with Gasteiger partial charge in [0, 0.05) is 30.4 Å². The van der Waals surface area contributed by atoms with Crippen LogP contribution in [0.5, 0.6) is 0 Å². The Morgan fingerprint density at radius 3 is 2.94 bits per heavy atom. The van der Waals surface area contributed by atoms with Crippen LogP contribution in [0.2, 0.25) is 0 Å². The molecule has 0 aromatic carbocycles. The molecule has 1 N–H and O–H groups in total. The van der Waals surface area contributed by atoms with Gasteiger partial charge in [-0.3, -0.25) is 0 Å². The maximum absolute atomic E-state index is 4.36. The molecule has 96 valence electrons. The van der Waals surface area contributed by atoms with Crippen LogP contribution in [-0.2, 0) is 0 Å². The second-order valence-electron chi connectivity index (χ2n) is 5.75. The molecule has 1 aromatic heterocycles. The highest BCUT2D eigenvalue weighted by Gasteiger charge is 2.20. The molecule has 17 heavy (non-hydrogen) atoms. The highest BCUT2D eigenvalue weighted by Crippen LogP contribution is 2.27. The van der Waals surface area contributed by atoms with E-state index in [9.17, 15) is 0 Å². The summed E-state index contributed by atoms with van der Waals surface area (Å²) in [7, 11) is 0. The van der Waals surface area contributed by atoms with Crippen LogP contribution in [0.3, 0.4) is 0 Å². The third-order valence-electron chi connectivity index (χ3n) is 3.70. The van der Waals surface area contributed by atoms with Crippen molar-refractivity contribution in [1.82, 2.24) is 14.9 Å². The van der Waals surface area contributed by atoms with Crippen LogP contribution in [-0.4, -0.2) is 22.6 Å². The lowest BCUT2D eigenvalue weighted by atomic mass is 9.95. The number of aromatic nitrogens is 2. The lowest BCUT2D eigenvalue weighted by molar-refractivity contribution is 0.388. The van der Waals surface area contributed by atoms with Gasteiger partial charge >= 0.3 is 0 Å². The molecule has 3 nitrogen and oxygen atoms in total. The van der Waals surface area contributed by atoms with Gasteiger partial charge in [0.2, 0.25) is 0 Å². The van der Waals surface area contributed by atoms with Gasteiger partial charge < -0.3 is 9.88 Å². The molecule has 1 fully saturated rings. The Morgan fingerprint density at radius 2 is 2.29 bits per heavy atom. The zero-order valence-electron chi connectivity index (χ0n) is 11.3. The van der Waals surface area contributed by atoms with Crippen molar-refractivity contribution in [2.24, 2.45) is 5.92 Å². The number of piperidine rings is 1. The van der Waals surface area contributed by atoms with Crippen molar-refractivity contribution in [3.05, 3.63) is 18.2 Å². The normalized spacial score (nSPS) is 22.9. The van der Waals surface area contributed by atoms with Crippen molar-refractivity contribution in [1.29, 1.82) is 0 Å². The Balaban J connectivity index is 2.09. The van der Waals surface area contributed by atoms with Crippen LogP contribution in [0.15, 0.2) is 12.5 Å². The molecule has 3 heteroatoms. The van der Waals surface area contributed by atoms with E-state index in [0.29, 0.717) is 12.0 Å². The van der Waals surface area contributed by atoms with Crippen LogP contribution in [0.1, 0.15) is 57.7 Å². The van der Waals surface area contributed by atoms with Crippen molar-refractivity contribution >= 4 is 0 Å². The summed E-state index contributed by atoms with van der Waals surface area (Å²) in [4.78, 5) is 4.36. The Bertz CT molecular complexity index is 337. The lowest BCUT2D eigenvalue weighted by Crippen LogP contribution is -2.30. The van der Waals surface area contributed by atoms with Crippen molar-refractivity contribution in [2.75, 3.05) is 13.1 Å². The van der Waals surface area contributed by atoms with Crippen molar-refractivity contribution < 1.29 is 0 Å². The number of nitrogens with zero attached hydrogens (tertiary/aromatic N) is 2. The molecule has 0 spiro atoms. The smallest absolute Gasteiger partial charge is 0.0950 e. The van der Waals surface area contributed by atoms with E-state index in [0.717, 1.165) is 12.5 Å². The molecular weight excluding hydrogens is 210 g/mol. The Morgan fingerprint density at radius 1 is 1.47 bits per heavy atom. The van der Waals surface area contributed by atoms with Gasteiger partial charge in [-0.15, -0.1) is 0 Å². The van der Waals surface area contributed by atoms with Crippen LogP contribution in [0.4, 0.5) is 0 Å². The minimum absolute atomic E-state index is 0.564. The first-order chi connectivity index (χ1) is 8.18. The molecule has 0 aliphatic carbocycles. The first-order valence-electron chi connectivity index (χ1n) is 6.91. The first kappa shape index (κ1) is 12.6. The lowest BCUT2D eigenvalue weighted by Gasteiger charge is -2.26. The highest BCUT2D eigenvalue weighted by molar-refractivity contribution is 5.09. The summed E-state index contributed by atoms with van der Waals surface area (Å²) < 4.78 is 2.39. The fourth-order valence-electron chi connectivity index (χ4n) is 2.90. The number of imidazole rings is 1. The van der Waals surface area contributed by atoms with E-state index < -0.39 is 0 Å². The van der Waals surface area contributed by atoms with E-state index in [2.05, 4.69) is 41.8 Å². The average Bonchev–Trinajstić information content (AvgIpc) is 2.78. The molecule has 2 heterocycles. The van der Waals surface area contributed by atoms with E-state index in [-0.39, 0.29) is 0 Å². The predicted molar refractivity (Wildman–Crippen MR) is 71.2 cm³/mol. The molecule has 1 saturated heterocycles. The molecule has 2 rings (SSSR count). The largest absolute Gasteiger partial charge is 0.331 e. The summed E-state index contributed by atoms with van der Waals surface area (Å²) in [5.41, 5.74) is 1.42. The number of hydrogen-bond acceptors (Lipinski definition) is 2. The van der Waals surface area contributed by atoms with Crippen molar-refractivity contribution in [3.63, 3.8) is 0 Å². The zero-order valence-corrected chi connectivity index (χ0v) is 11.3. The fraction of sp³-hybridized carbons (Fsp3) is 0.786. The number of hydrogen-bond donors (Lipinski definition) is 1. The molecule has 1 aromatic rings. The van der Waals surface area contributed by atoms with E-state index >= 15 is 0 Å². The van der Waals surface area contributed by atoms with E-state index in [4.69, 9.17) is 0 Å². The molecule has 0 bridgehead atoms. The molecule has 2 atom stereocenters. The summed E-state index contributed by atoms with van der Waals surface area (Å²) in [6, 6.07) is 0.564. The summed E-state index contributed by atoms with van der Waals surface area (Å²) >= 11 is 0. The topological polar surface area (TPSA) is 29.9 Å². The van der Waals surface area contributed by atoms with Gasteiger partial charge in [-0.1, -0.05) is 13.8 Å². The van der Waals surface area contributed by atoms with E-state index in [1.807, 2.05) is 6.33 Å². The van der Waals surface area contributed by atoms with E-state index in [1.165, 1.54) is 31.5 Å². The van der Waals surface area contributed by atoms with Crippen LogP contribution in [0, 0.1) is 5.92 Å². The molecule has 0 saturated carbocycles. The van der Waals surface area contributed by atoms with Gasteiger partial charge in [0.05, 0.1) is 6.33 Å². The third-order valence-corrected chi connectivity index (χ3v) is 3.70. The maximum Gasteiger partial charge on any atom is 0.0950 e. The number of nitrogens with one attached hydrogen (secondary N) is 1. The summed E-state index contributed by atoms with van der Waals surface area (Å²) in [6.07, 6.45) is 7.89. The monoisotopic (exact) mass is 235 g/mol. The standard InChI is InChI=1S/C14H25N3/c1-11(2)7-12(3)17-10-16-9-14(17)13-5-4-6-15-8-13/h9-13,15H,4-8H2,1-3H3. The molecule has 2 unspecified atom stereocenters. The molecular formula is C14H25N3. The fourth-order valence-corrected chi connectivity index (χ4v) is 2.90. The predicted octanol–water partition coefficient (Wildman–Crippen LogP) is 2.96. The average molecular weight is 235 g/mol. The van der Waals surface area contributed by atoms with E-state index in [1.54, 1.807) is 0 Å². The maximum atomic E-state index is 4.36. The van der Waals surface area contributed by atoms with Crippen molar-refractivity contribution in [2.45, 2.75) is 52.0 Å². The number of rotatable bonds is 4. The molecule has 0 amide bonds. The summed E-state index contributed by atoms with van der Waals surface area (Å²) in [5.74, 6) is 1.39. The Kier molecular flexibility index (Phi) is 4.21. The molecule has 1 aliphatic rings. The Hall–Kier alpha value is -0.830. The van der Waals surface area contributed by atoms with Gasteiger partial charge in [0.1, 0.15) is 0 Å². The molecule has 0 radical (unpaired) electrons. The zero-order chi connectivity index (χ0) is 12.3. The van der Waals surface area contributed by atoms with Crippen LogP contribution < -0.4 is 5.32 Å². The van der Waals surface area contributed by atoms with Crippen LogP contribution >= 0.6 is 0 Å². The van der Waals surface area contributed by atoms with Crippen molar-refractivity contribution in [3.8, 4) is 0 Å². The molecule has 1 aliphatic heterocycles. The quantitative estimate of drug-likeness (QED) is 0.869. The first-order valence-corrected chi connectivity index (χ1v) is 6.91. The van der Waals surface area contributed by atoms with Crippen LogP contribution in [0.25, 0.3) is 0 Å². The van der Waals surface area contributed by atoms with Gasteiger partial charge in [-0.05, 0) is 38.6 Å². The summed E-state index contributed by atoms with van der Waals surface area (Å²) in [6.45, 7) is 9.16. The SMILES string of the molecule is CC(C)CC(C)n1cncc1C1CCCNC1. The van der Waals surface area contributed by atoms with Gasteiger partial charge in [-0.25, -0.2) is 4.98 Å². The highest BCUT2D eigenvalue weighted by atomic mass is 15.1. The minimum Gasteiger partial charge on any atom is -0.331 e. The van der Waals surface area contributed by atoms with Gasteiger partial charge in [0.15, 0.2) is 0 Å². The van der Waals surface area contributed by atoms with Gasteiger partial charge in [0.25, 0.3) is 0 Å². The third kappa shape index (κ3) is 3.09. The second kappa shape index (κ2) is 5.67.